The normalized spacial score (nSPS) is 12.6. The zero-order valence-electron chi connectivity index (χ0n) is 60.4. The Hall–Kier alpha value is -1.92. The molecule has 0 saturated carbocycles. The molecule has 0 aliphatic carbocycles. The zero-order valence-corrected chi connectivity index (χ0v) is 60.4. The van der Waals surface area contributed by atoms with Gasteiger partial charge >= 0.3 is 5.97 Å². The van der Waals surface area contributed by atoms with Crippen molar-refractivity contribution in [3.63, 3.8) is 0 Å². The average Bonchev–Trinajstić information content (AvgIpc) is 3.55. The summed E-state index contributed by atoms with van der Waals surface area (Å²) in [5.74, 6) is -0.0464. The van der Waals surface area contributed by atoms with Gasteiger partial charge in [-0.2, -0.15) is 0 Å². The number of carbonyl (C=O) groups excluding carboxylic acids is 2. The second-order valence-corrected chi connectivity index (χ2v) is 28.1. The summed E-state index contributed by atoms with van der Waals surface area (Å²) >= 11 is 0. The van der Waals surface area contributed by atoms with Crippen LogP contribution in [-0.4, -0.2) is 47.4 Å². The van der Waals surface area contributed by atoms with Gasteiger partial charge in [-0.25, -0.2) is 0 Å². The van der Waals surface area contributed by atoms with Crippen LogP contribution < -0.4 is 5.32 Å². The fourth-order valence-corrected chi connectivity index (χ4v) is 12.9. The molecule has 6 heteroatoms. The summed E-state index contributed by atoms with van der Waals surface area (Å²) in [4.78, 5) is 24.6. The largest absolute Gasteiger partial charge is 0.466 e. The molecule has 0 bridgehead atoms. The monoisotopic (exact) mass is 1250 g/mol. The van der Waals surface area contributed by atoms with Gasteiger partial charge in [0.15, 0.2) is 0 Å². The van der Waals surface area contributed by atoms with Crippen molar-refractivity contribution < 1.29 is 24.5 Å². The minimum atomic E-state index is -0.843. The maximum atomic E-state index is 12.5. The van der Waals surface area contributed by atoms with Crippen molar-refractivity contribution in [2.45, 2.75) is 469 Å². The van der Waals surface area contributed by atoms with Crippen molar-refractivity contribution in [2.75, 3.05) is 13.2 Å². The molecule has 3 N–H and O–H groups in total. The third-order valence-corrected chi connectivity index (χ3v) is 19.1. The third kappa shape index (κ3) is 75.0. The molecule has 0 rings (SSSR count). The quantitative estimate of drug-likeness (QED) is 0.0320. The number of allylic oxidation sites excluding steroid dienone is 5. The molecule has 0 saturated heterocycles. The Morgan fingerprint density at radius 2 is 0.528 bits per heavy atom. The van der Waals surface area contributed by atoms with E-state index in [1.165, 1.54) is 385 Å². The lowest BCUT2D eigenvalue weighted by atomic mass is 10.0. The van der Waals surface area contributed by atoms with Crippen LogP contribution in [0.4, 0.5) is 0 Å². The molecule has 0 heterocycles. The number of amides is 1. The Morgan fingerprint density at radius 3 is 0.798 bits per heavy atom. The number of ether oxygens (including phenoxy) is 1. The van der Waals surface area contributed by atoms with Crippen LogP contribution in [0.25, 0.3) is 0 Å². The van der Waals surface area contributed by atoms with Crippen molar-refractivity contribution in [1.29, 1.82) is 0 Å². The summed E-state index contributed by atoms with van der Waals surface area (Å²) in [6, 6.07) is -0.626. The first kappa shape index (κ1) is 87.1. The highest BCUT2D eigenvalue weighted by molar-refractivity contribution is 5.76. The first-order chi connectivity index (χ1) is 44.0. The third-order valence-electron chi connectivity index (χ3n) is 19.1. The van der Waals surface area contributed by atoms with Crippen molar-refractivity contribution in [3.05, 3.63) is 36.5 Å². The molecular weight excluding hydrogens is 1090 g/mol. The minimum absolute atomic E-state index is 0.0134. The Morgan fingerprint density at radius 1 is 0.303 bits per heavy atom. The molecular formula is C83H159NO5. The Labute approximate surface area is 557 Å². The molecule has 0 aromatic carbocycles. The van der Waals surface area contributed by atoms with Gasteiger partial charge in [-0.1, -0.05) is 397 Å². The van der Waals surface area contributed by atoms with E-state index in [2.05, 4.69) is 43.5 Å². The molecule has 0 aromatic rings. The molecule has 0 aromatic heterocycles. The van der Waals surface area contributed by atoms with Crippen LogP contribution in [0.1, 0.15) is 457 Å². The van der Waals surface area contributed by atoms with Crippen LogP contribution >= 0.6 is 0 Å². The van der Waals surface area contributed by atoms with E-state index >= 15 is 0 Å². The molecule has 0 fully saturated rings. The molecule has 1 amide bonds. The van der Waals surface area contributed by atoms with E-state index in [9.17, 15) is 19.8 Å². The van der Waals surface area contributed by atoms with Crippen molar-refractivity contribution in [3.8, 4) is 0 Å². The van der Waals surface area contributed by atoms with Crippen LogP contribution in [-0.2, 0) is 14.3 Å². The van der Waals surface area contributed by atoms with Gasteiger partial charge in [-0.05, 0) is 83.5 Å². The highest BCUT2D eigenvalue weighted by Crippen LogP contribution is 2.20. The van der Waals surface area contributed by atoms with E-state index in [1.807, 2.05) is 6.08 Å². The number of unbranched alkanes of at least 4 members (excludes halogenated alkanes) is 62. The summed E-state index contributed by atoms with van der Waals surface area (Å²) in [6.45, 7) is 4.95. The minimum Gasteiger partial charge on any atom is -0.466 e. The lowest BCUT2D eigenvalue weighted by Gasteiger charge is -2.20. The Bertz CT molecular complexity index is 1440. The SMILES string of the molecule is CCCCCCCCC/C=C\CCCCCCCC(=O)OCCCCCCCCCCCCCCCC/C=C\CCCCCCCCCCCCCCCCCCCC(=O)NC(CO)C(O)/C=C/CCCCCCCCCCCCCCCCCCCCC. The lowest BCUT2D eigenvalue weighted by molar-refractivity contribution is -0.143. The number of hydrogen-bond donors (Lipinski definition) is 3. The Kier molecular flexibility index (Phi) is 76.8. The highest BCUT2D eigenvalue weighted by Gasteiger charge is 2.18. The van der Waals surface area contributed by atoms with Gasteiger partial charge in [0, 0.05) is 12.8 Å². The van der Waals surface area contributed by atoms with Crippen LogP contribution in [0.3, 0.4) is 0 Å². The molecule has 526 valence electrons. The smallest absolute Gasteiger partial charge is 0.305 e. The first-order valence-electron chi connectivity index (χ1n) is 40.8. The topological polar surface area (TPSA) is 95.9 Å². The van der Waals surface area contributed by atoms with E-state index in [0.29, 0.717) is 19.4 Å². The van der Waals surface area contributed by atoms with E-state index in [1.54, 1.807) is 6.08 Å². The number of carbonyl (C=O) groups is 2. The summed E-state index contributed by atoms with van der Waals surface area (Å²) in [5, 5.41) is 23.3. The molecule has 0 aliphatic heterocycles. The summed E-state index contributed by atoms with van der Waals surface area (Å²) in [7, 11) is 0. The molecule has 89 heavy (non-hydrogen) atoms. The second kappa shape index (κ2) is 78.5. The van der Waals surface area contributed by atoms with E-state index in [4.69, 9.17) is 4.74 Å². The van der Waals surface area contributed by atoms with Gasteiger partial charge in [0.2, 0.25) is 5.91 Å². The van der Waals surface area contributed by atoms with E-state index < -0.39 is 12.1 Å². The first-order valence-corrected chi connectivity index (χ1v) is 40.8. The van der Waals surface area contributed by atoms with E-state index in [0.717, 1.165) is 44.9 Å². The summed E-state index contributed by atoms with van der Waals surface area (Å²) in [5.41, 5.74) is 0. The average molecular weight is 1250 g/mol. The molecule has 2 atom stereocenters. The molecule has 0 spiro atoms. The van der Waals surface area contributed by atoms with Crippen LogP contribution in [0.5, 0.6) is 0 Å². The van der Waals surface area contributed by atoms with Gasteiger partial charge in [-0.3, -0.25) is 9.59 Å². The lowest BCUT2D eigenvalue weighted by Crippen LogP contribution is -2.45. The predicted octanol–water partition coefficient (Wildman–Crippen LogP) is 27.0. The number of esters is 1. The fraction of sp³-hybridized carbons (Fsp3) is 0.904. The molecule has 0 aliphatic rings. The highest BCUT2D eigenvalue weighted by atomic mass is 16.5. The number of aliphatic hydroxyl groups is 2. The zero-order chi connectivity index (χ0) is 64.2. The number of rotatable bonds is 77. The van der Waals surface area contributed by atoms with Crippen molar-refractivity contribution in [2.24, 2.45) is 0 Å². The molecule has 6 nitrogen and oxygen atoms in total. The van der Waals surface area contributed by atoms with E-state index in [-0.39, 0.29) is 18.5 Å². The predicted molar refractivity (Wildman–Crippen MR) is 393 cm³/mol. The van der Waals surface area contributed by atoms with Gasteiger partial charge in [0.1, 0.15) is 0 Å². The standard InChI is InChI=1S/C83H159NO5/c1-3-5-7-9-11-13-15-17-19-21-22-38-41-44-47-51-55-59-63-67-71-75-81(86)80(79-85)84-82(87)76-72-68-64-60-56-52-48-45-42-39-36-34-32-30-28-26-24-23-25-27-29-31-33-35-37-40-43-46-50-54-58-62-66-70-74-78-89-83(88)77-73-69-65-61-57-53-49-20-18-16-14-12-10-8-6-4-2/h20,25,27,49,71,75,80-81,85-86H,3-19,21-24,26,28-48,50-70,72-74,76-79H2,1-2H3,(H,84,87)/b27-25-,49-20-,75-71+. The maximum Gasteiger partial charge on any atom is 0.305 e. The molecule has 0 radical (unpaired) electrons. The summed E-state index contributed by atoms with van der Waals surface area (Å²) < 4.78 is 5.50. The van der Waals surface area contributed by atoms with Gasteiger partial charge in [0.05, 0.1) is 25.4 Å². The van der Waals surface area contributed by atoms with Gasteiger partial charge < -0.3 is 20.3 Å². The van der Waals surface area contributed by atoms with Crippen molar-refractivity contribution >= 4 is 11.9 Å². The fourth-order valence-electron chi connectivity index (χ4n) is 12.9. The van der Waals surface area contributed by atoms with Gasteiger partial charge in [-0.15, -0.1) is 0 Å². The van der Waals surface area contributed by atoms with Crippen molar-refractivity contribution in [1.82, 2.24) is 5.32 Å². The number of hydrogen-bond acceptors (Lipinski definition) is 5. The van der Waals surface area contributed by atoms with Crippen LogP contribution in [0.2, 0.25) is 0 Å². The van der Waals surface area contributed by atoms with Crippen LogP contribution in [0, 0.1) is 0 Å². The van der Waals surface area contributed by atoms with Gasteiger partial charge in [0.25, 0.3) is 0 Å². The second-order valence-electron chi connectivity index (χ2n) is 28.1. The maximum absolute atomic E-state index is 12.5. The molecule has 2 unspecified atom stereocenters. The Balaban J connectivity index is 3.36. The number of aliphatic hydroxyl groups excluding tert-OH is 2. The summed E-state index contributed by atoms with van der Waals surface area (Å²) in [6.07, 6.45) is 103. The number of nitrogens with one attached hydrogen (secondary N) is 1. The van der Waals surface area contributed by atoms with Crippen LogP contribution in [0.15, 0.2) is 36.5 Å².